The molecule has 0 N–H and O–H groups in total. The highest BCUT2D eigenvalue weighted by Gasteiger charge is 2.19. The molecule has 1 heterocycles. The summed E-state index contributed by atoms with van der Waals surface area (Å²) in [6.07, 6.45) is 1.23. The van der Waals surface area contributed by atoms with Gasteiger partial charge in [0.25, 0.3) is 0 Å². The Kier molecular flexibility index (Phi) is 6.03. The van der Waals surface area contributed by atoms with Crippen LogP contribution in [0.15, 0.2) is 54.6 Å². The summed E-state index contributed by atoms with van der Waals surface area (Å²) >= 11 is 0. The first-order valence-electron chi connectivity index (χ1n) is 10.0. The number of nitrogens with zero attached hydrogens (tertiary/aromatic N) is 2. The molecule has 1 aliphatic heterocycles. The molecule has 140 valence electrons. The van der Waals surface area contributed by atoms with Crippen LogP contribution in [0.1, 0.15) is 51.2 Å². The monoisotopic (exact) mass is 350 g/mol. The van der Waals surface area contributed by atoms with E-state index < -0.39 is 0 Å². The van der Waals surface area contributed by atoms with Crippen LogP contribution in [0.3, 0.4) is 0 Å². The first kappa shape index (κ1) is 19.0. The van der Waals surface area contributed by atoms with E-state index in [1.165, 1.54) is 23.2 Å². The van der Waals surface area contributed by atoms with E-state index in [1.807, 2.05) is 0 Å². The van der Waals surface area contributed by atoms with E-state index in [-0.39, 0.29) is 0 Å². The van der Waals surface area contributed by atoms with Crippen LogP contribution < -0.4 is 4.90 Å². The fourth-order valence-corrected chi connectivity index (χ4v) is 4.06. The Morgan fingerprint density at radius 3 is 2.04 bits per heavy atom. The van der Waals surface area contributed by atoms with Crippen LogP contribution in [0.5, 0.6) is 0 Å². The summed E-state index contributed by atoms with van der Waals surface area (Å²) in [5.74, 6) is 0.617. The van der Waals surface area contributed by atoms with Gasteiger partial charge in [-0.3, -0.25) is 4.90 Å². The Morgan fingerprint density at radius 2 is 1.46 bits per heavy atom. The van der Waals surface area contributed by atoms with Crippen molar-refractivity contribution in [2.75, 3.05) is 31.1 Å². The summed E-state index contributed by atoms with van der Waals surface area (Å²) in [5.41, 5.74) is 4.63. The van der Waals surface area contributed by atoms with Gasteiger partial charge in [-0.15, -0.1) is 0 Å². The number of hydrogen-bond donors (Lipinski definition) is 0. The van der Waals surface area contributed by atoms with E-state index in [0.29, 0.717) is 11.3 Å². The molecular weight excluding hydrogens is 316 g/mol. The lowest BCUT2D eigenvalue weighted by atomic mass is 9.82. The smallest absolute Gasteiger partial charge is 0.0367 e. The van der Waals surface area contributed by atoms with Gasteiger partial charge in [-0.1, -0.05) is 70.2 Å². The van der Waals surface area contributed by atoms with Crippen molar-refractivity contribution in [1.29, 1.82) is 0 Å². The van der Waals surface area contributed by atoms with Crippen molar-refractivity contribution in [3.63, 3.8) is 0 Å². The molecule has 0 amide bonds. The van der Waals surface area contributed by atoms with Crippen LogP contribution >= 0.6 is 0 Å². The van der Waals surface area contributed by atoms with Crippen molar-refractivity contribution in [3.8, 4) is 0 Å². The van der Waals surface area contributed by atoms with E-state index in [2.05, 4.69) is 92.1 Å². The lowest BCUT2D eigenvalue weighted by Gasteiger charge is -2.36. The van der Waals surface area contributed by atoms with Crippen molar-refractivity contribution in [2.45, 2.75) is 46.6 Å². The zero-order chi connectivity index (χ0) is 18.6. The average molecular weight is 351 g/mol. The minimum absolute atomic E-state index is 0.382. The number of hydrogen-bond acceptors (Lipinski definition) is 2. The molecular formula is C24H34N2. The first-order valence-corrected chi connectivity index (χ1v) is 10.0. The van der Waals surface area contributed by atoms with Crippen LogP contribution in [-0.2, 0) is 6.54 Å². The van der Waals surface area contributed by atoms with Gasteiger partial charge in [0.15, 0.2) is 0 Å². The molecule has 26 heavy (non-hydrogen) atoms. The van der Waals surface area contributed by atoms with Crippen molar-refractivity contribution in [2.24, 2.45) is 5.41 Å². The number of rotatable bonds is 5. The predicted octanol–water partition coefficient (Wildman–Crippen LogP) is 5.55. The molecule has 1 aliphatic rings. The molecule has 0 radical (unpaired) electrons. The summed E-state index contributed by atoms with van der Waals surface area (Å²) < 4.78 is 0. The first-order chi connectivity index (χ1) is 12.4. The maximum absolute atomic E-state index is 2.56. The third kappa shape index (κ3) is 5.35. The highest BCUT2D eigenvalue weighted by atomic mass is 15.3. The van der Waals surface area contributed by atoms with Gasteiger partial charge in [0.2, 0.25) is 0 Å². The molecule has 1 unspecified atom stereocenters. The Morgan fingerprint density at radius 1 is 0.846 bits per heavy atom. The minimum atomic E-state index is 0.382. The quantitative estimate of drug-likeness (QED) is 0.697. The normalized spacial score (nSPS) is 17.3. The van der Waals surface area contributed by atoms with Crippen LogP contribution in [-0.4, -0.2) is 31.1 Å². The van der Waals surface area contributed by atoms with Gasteiger partial charge in [0.1, 0.15) is 0 Å². The summed E-state index contributed by atoms with van der Waals surface area (Å²) in [6, 6.07) is 20.1. The van der Waals surface area contributed by atoms with Gasteiger partial charge in [-0.2, -0.15) is 0 Å². The summed E-state index contributed by atoms with van der Waals surface area (Å²) in [4.78, 5) is 5.09. The van der Waals surface area contributed by atoms with E-state index in [9.17, 15) is 0 Å². The van der Waals surface area contributed by atoms with Gasteiger partial charge in [0, 0.05) is 38.4 Å². The van der Waals surface area contributed by atoms with Gasteiger partial charge in [0.05, 0.1) is 0 Å². The number of piperazine rings is 1. The summed E-state index contributed by atoms with van der Waals surface area (Å²) in [5, 5.41) is 0. The van der Waals surface area contributed by atoms with Crippen LogP contribution in [0, 0.1) is 5.41 Å². The lowest BCUT2D eigenvalue weighted by Crippen LogP contribution is -2.45. The maximum Gasteiger partial charge on any atom is 0.0367 e. The molecule has 0 aromatic heterocycles. The second-order valence-corrected chi connectivity index (χ2v) is 9.01. The van der Waals surface area contributed by atoms with Crippen LogP contribution in [0.2, 0.25) is 0 Å². The number of anilines is 1. The highest BCUT2D eigenvalue weighted by Crippen LogP contribution is 2.31. The summed E-state index contributed by atoms with van der Waals surface area (Å²) in [6.45, 7) is 14.9. The van der Waals surface area contributed by atoms with Crippen molar-refractivity contribution in [1.82, 2.24) is 4.90 Å². The second-order valence-electron chi connectivity index (χ2n) is 9.01. The molecule has 0 aliphatic carbocycles. The van der Waals surface area contributed by atoms with E-state index >= 15 is 0 Å². The molecule has 2 aromatic carbocycles. The fraction of sp³-hybridized carbons (Fsp3) is 0.500. The predicted molar refractivity (Wildman–Crippen MR) is 113 cm³/mol. The largest absolute Gasteiger partial charge is 0.369 e. The van der Waals surface area contributed by atoms with Crippen molar-refractivity contribution < 1.29 is 0 Å². The highest BCUT2D eigenvalue weighted by molar-refractivity contribution is 5.48. The fourth-order valence-electron chi connectivity index (χ4n) is 4.06. The van der Waals surface area contributed by atoms with Gasteiger partial charge in [-0.05, 0) is 41.0 Å². The third-order valence-electron chi connectivity index (χ3n) is 5.37. The number of benzene rings is 2. The molecule has 1 saturated heterocycles. The molecule has 0 bridgehead atoms. The molecule has 3 rings (SSSR count). The minimum Gasteiger partial charge on any atom is -0.369 e. The van der Waals surface area contributed by atoms with Crippen molar-refractivity contribution in [3.05, 3.63) is 65.7 Å². The van der Waals surface area contributed by atoms with Gasteiger partial charge in [-0.25, -0.2) is 0 Å². The Balaban J connectivity index is 1.53. The molecule has 2 nitrogen and oxygen atoms in total. The molecule has 2 aromatic rings. The Labute approximate surface area is 159 Å². The third-order valence-corrected chi connectivity index (χ3v) is 5.37. The van der Waals surface area contributed by atoms with Crippen molar-refractivity contribution >= 4 is 5.69 Å². The topological polar surface area (TPSA) is 6.48 Å². The molecule has 0 spiro atoms. The van der Waals surface area contributed by atoms with E-state index in [0.717, 1.165) is 32.7 Å². The molecule has 2 heteroatoms. The van der Waals surface area contributed by atoms with Crippen LogP contribution in [0.25, 0.3) is 0 Å². The van der Waals surface area contributed by atoms with E-state index in [1.54, 1.807) is 0 Å². The average Bonchev–Trinajstić information content (AvgIpc) is 2.62. The maximum atomic E-state index is 2.56. The zero-order valence-corrected chi connectivity index (χ0v) is 16.9. The van der Waals surface area contributed by atoms with Crippen LogP contribution in [0.4, 0.5) is 5.69 Å². The Hall–Kier alpha value is -1.80. The van der Waals surface area contributed by atoms with Gasteiger partial charge >= 0.3 is 0 Å². The van der Waals surface area contributed by atoms with Gasteiger partial charge < -0.3 is 4.90 Å². The molecule has 0 saturated carbocycles. The summed E-state index contributed by atoms with van der Waals surface area (Å²) in [7, 11) is 0. The van der Waals surface area contributed by atoms with E-state index in [4.69, 9.17) is 0 Å². The zero-order valence-electron chi connectivity index (χ0n) is 16.9. The SMILES string of the molecule is CC(CC(C)(C)C)c1ccc(N2CCN(Cc3ccccc3)CC2)cc1. The molecule has 1 fully saturated rings. The lowest BCUT2D eigenvalue weighted by molar-refractivity contribution is 0.250. The second kappa shape index (κ2) is 8.26. The Bertz CT molecular complexity index is 662. The standard InChI is InChI=1S/C24H34N2/c1-20(18-24(2,3)4)22-10-12-23(13-11-22)26-16-14-25(15-17-26)19-21-8-6-5-7-9-21/h5-13,20H,14-19H2,1-4H3. The molecule has 1 atom stereocenters.